The summed E-state index contributed by atoms with van der Waals surface area (Å²) in [7, 11) is 0. The molecule has 1 fully saturated rings. The number of benzene rings is 3. The molecule has 2 atom stereocenters. The summed E-state index contributed by atoms with van der Waals surface area (Å²) in [6, 6.07) is 17.2. The Morgan fingerprint density at radius 2 is 1.94 bits per heavy atom. The molecular formula is C24H20Cl2N4O3. The van der Waals surface area contributed by atoms with Crippen LogP contribution in [-0.2, 0) is 0 Å². The van der Waals surface area contributed by atoms with Crippen LogP contribution < -0.4 is 21.1 Å². The zero-order valence-corrected chi connectivity index (χ0v) is 18.8. The van der Waals surface area contributed by atoms with Gasteiger partial charge >= 0.3 is 0 Å². The van der Waals surface area contributed by atoms with Crippen molar-refractivity contribution in [3.63, 3.8) is 0 Å². The second-order valence-corrected chi connectivity index (χ2v) is 8.54. The third-order valence-electron chi connectivity index (χ3n) is 5.63. The lowest BCUT2D eigenvalue weighted by molar-refractivity contribution is 0.100. The van der Waals surface area contributed by atoms with Crippen LogP contribution in [0.1, 0.15) is 33.8 Å². The van der Waals surface area contributed by atoms with Crippen LogP contribution in [0.5, 0.6) is 11.5 Å². The number of nitrogens with zero attached hydrogens (tertiary/aromatic N) is 2. The van der Waals surface area contributed by atoms with Gasteiger partial charge in [0.25, 0.3) is 5.91 Å². The highest BCUT2D eigenvalue weighted by Gasteiger charge is 2.32. The monoisotopic (exact) mass is 482 g/mol. The van der Waals surface area contributed by atoms with Gasteiger partial charge in [-0.3, -0.25) is 4.79 Å². The van der Waals surface area contributed by atoms with Gasteiger partial charge in [-0.15, -0.1) is 0 Å². The summed E-state index contributed by atoms with van der Waals surface area (Å²) < 4.78 is 5.93. The molecule has 5 N–H and O–H groups in total. The molecule has 0 aliphatic carbocycles. The highest BCUT2D eigenvalue weighted by molar-refractivity contribution is 6.33. The fourth-order valence-corrected chi connectivity index (χ4v) is 4.32. The molecule has 0 spiro atoms. The quantitative estimate of drug-likeness (QED) is 0.454. The summed E-state index contributed by atoms with van der Waals surface area (Å²) in [6.07, 6.45) is -0.281. The zero-order chi connectivity index (χ0) is 23.7. The summed E-state index contributed by atoms with van der Waals surface area (Å²) >= 11 is 12.6. The van der Waals surface area contributed by atoms with Crippen molar-refractivity contribution in [3.05, 3.63) is 81.3 Å². The standard InChI is InChI=1S/C24H20Cl2N4O3/c25-18-7-4-13(8-21(18)33-23-14(11-27)2-1-3-19(23)26)15-9-22(31)30(12-15)16-5-6-17(24(29)32)20(28)10-16/h1-8,10,15,22,31H,9,12,28H2,(H2,29,32)/t15-,22?/m0/s1. The molecule has 7 nitrogen and oxygen atoms in total. The Bertz CT molecular complexity index is 1280. The van der Waals surface area contributed by atoms with Crippen LogP contribution in [0.15, 0.2) is 54.6 Å². The van der Waals surface area contributed by atoms with Gasteiger partial charge in [0.15, 0.2) is 5.75 Å². The smallest absolute Gasteiger partial charge is 0.250 e. The molecule has 0 radical (unpaired) electrons. The van der Waals surface area contributed by atoms with Gasteiger partial charge in [0.1, 0.15) is 18.0 Å². The molecule has 0 saturated carbocycles. The van der Waals surface area contributed by atoms with E-state index in [9.17, 15) is 15.2 Å². The maximum atomic E-state index is 11.4. The van der Waals surface area contributed by atoms with Gasteiger partial charge in [-0.2, -0.15) is 5.26 Å². The minimum Gasteiger partial charge on any atom is -0.453 e. The van der Waals surface area contributed by atoms with Crippen LogP contribution >= 0.6 is 23.2 Å². The SMILES string of the molecule is N#Cc1cccc(Cl)c1Oc1cc([C@H]2CC(O)N(c3ccc(C(N)=O)c(N)c3)C2)ccc1Cl. The van der Waals surface area contributed by atoms with E-state index in [-0.39, 0.29) is 22.9 Å². The van der Waals surface area contributed by atoms with Gasteiger partial charge in [-0.25, -0.2) is 0 Å². The van der Waals surface area contributed by atoms with E-state index in [2.05, 4.69) is 6.07 Å². The predicted octanol–water partition coefficient (Wildman–Crippen LogP) is 4.65. The van der Waals surface area contributed by atoms with Crippen LogP contribution in [0.4, 0.5) is 11.4 Å². The lowest BCUT2D eigenvalue weighted by atomic mass is 9.98. The van der Waals surface area contributed by atoms with Gasteiger partial charge in [-0.05, 0) is 48.0 Å². The molecule has 168 valence electrons. The minimum atomic E-state index is -0.748. The number of carbonyl (C=O) groups is 1. The lowest BCUT2D eigenvalue weighted by Gasteiger charge is -2.23. The molecule has 1 aliphatic heterocycles. The van der Waals surface area contributed by atoms with E-state index in [1.165, 1.54) is 0 Å². The number of ether oxygens (including phenoxy) is 1. The van der Waals surface area contributed by atoms with E-state index in [1.807, 2.05) is 11.0 Å². The summed E-state index contributed by atoms with van der Waals surface area (Å²) in [4.78, 5) is 13.2. The van der Waals surface area contributed by atoms with Crippen molar-refractivity contribution in [2.75, 3.05) is 17.2 Å². The Morgan fingerprint density at radius 1 is 1.15 bits per heavy atom. The highest BCUT2D eigenvalue weighted by atomic mass is 35.5. The first kappa shape index (κ1) is 22.7. The number of para-hydroxylation sites is 1. The molecule has 1 unspecified atom stereocenters. The Labute approximate surface area is 200 Å². The number of nitrogen functional groups attached to an aromatic ring is 1. The minimum absolute atomic E-state index is 0.0293. The first-order valence-corrected chi connectivity index (χ1v) is 10.8. The number of carbonyl (C=O) groups excluding carboxylic acids is 1. The molecule has 1 heterocycles. The molecule has 1 saturated heterocycles. The van der Waals surface area contributed by atoms with Gasteiger partial charge in [-0.1, -0.05) is 35.3 Å². The zero-order valence-electron chi connectivity index (χ0n) is 17.3. The second kappa shape index (κ2) is 9.20. The number of hydrogen-bond donors (Lipinski definition) is 3. The molecule has 4 rings (SSSR count). The van der Waals surface area contributed by atoms with Crippen molar-refractivity contribution in [1.82, 2.24) is 0 Å². The van der Waals surface area contributed by atoms with E-state index >= 15 is 0 Å². The van der Waals surface area contributed by atoms with Crippen LogP contribution in [0.3, 0.4) is 0 Å². The summed E-state index contributed by atoms with van der Waals surface area (Å²) in [5.41, 5.74) is 13.7. The van der Waals surface area contributed by atoms with E-state index in [0.717, 1.165) is 5.56 Å². The number of nitriles is 1. The molecule has 9 heteroatoms. The number of anilines is 2. The maximum Gasteiger partial charge on any atom is 0.250 e. The Morgan fingerprint density at radius 3 is 2.64 bits per heavy atom. The molecule has 0 aromatic heterocycles. The molecule has 33 heavy (non-hydrogen) atoms. The van der Waals surface area contributed by atoms with Crippen molar-refractivity contribution < 1.29 is 14.6 Å². The molecule has 0 bridgehead atoms. The first-order chi connectivity index (χ1) is 15.8. The number of primary amides is 1. The van der Waals surface area contributed by atoms with E-state index in [0.29, 0.717) is 40.0 Å². The largest absolute Gasteiger partial charge is 0.453 e. The van der Waals surface area contributed by atoms with E-state index in [4.69, 9.17) is 39.4 Å². The number of rotatable bonds is 5. The van der Waals surface area contributed by atoms with Gasteiger partial charge in [0.2, 0.25) is 0 Å². The summed E-state index contributed by atoms with van der Waals surface area (Å²) in [6.45, 7) is 0.507. The average Bonchev–Trinajstić information content (AvgIpc) is 3.17. The normalized spacial score (nSPS) is 17.6. The summed E-state index contributed by atoms with van der Waals surface area (Å²) in [5, 5.41) is 20.7. The molecule has 3 aromatic rings. The van der Waals surface area contributed by atoms with E-state index in [1.54, 1.807) is 48.5 Å². The van der Waals surface area contributed by atoms with Crippen molar-refractivity contribution in [1.29, 1.82) is 5.26 Å². The summed E-state index contributed by atoms with van der Waals surface area (Å²) in [5.74, 6) is -0.0374. The van der Waals surface area contributed by atoms with Gasteiger partial charge in [0.05, 0.1) is 21.2 Å². The van der Waals surface area contributed by atoms with Crippen molar-refractivity contribution in [2.45, 2.75) is 18.6 Å². The number of aliphatic hydroxyl groups excluding tert-OH is 1. The Balaban J connectivity index is 1.59. The van der Waals surface area contributed by atoms with Crippen LogP contribution in [0, 0.1) is 11.3 Å². The third-order valence-corrected chi connectivity index (χ3v) is 6.24. The van der Waals surface area contributed by atoms with Crippen LogP contribution in [-0.4, -0.2) is 23.8 Å². The number of halogens is 2. The molecule has 1 amide bonds. The van der Waals surface area contributed by atoms with Crippen molar-refractivity contribution in [3.8, 4) is 17.6 Å². The maximum absolute atomic E-state index is 11.4. The van der Waals surface area contributed by atoms with Crippen LogP contribution in [0.2, 0.25) is 10.0 Å². The molecular weight excluding hydrogens is 463 g/mol. The van der Waals surface area contributed by atoms with Gasteiger partial charge < -0.3 is 26.2 Å². The fourth-order valence-electron chi connectivity index (χ4n) is 3.95. The molecule has 3 aromatic carbocycles. The average molecular weight is 483 g/mol. The second-order valence-electron chi connectivity index (χ2n) is 7.72. The number of hydrogen-bond acceptors (Lipinski definition) is 6. The van der Waals surface area contributed by atoms with E-state index < -0.39 is 12.1 Å². The fraction of sp³-hybridized carbons (Fsp3) is 0.167. The number of amides is 1. The lowest BCUT2D eigenvalue weighted by Crippen LogP contribution is -2.29. The van der Waals surface area contributed by atoms with Crippen LogP contribution in [0.25, 0.3) is 0 Å². The predicted molar refractivity (Wildman–Crippen MR) is 128 cm³/mol. The number of nitrogens with two attached hydrogens (primary N) is 2. The number of aliphatic hydroxyl groups is 1. The molecule has 1 aliphatic rings. The van der Waals surface area contributed by atoms with Gasteiger partial charge in [0, 0.05) is 30.3 Å². The van der Waals surface area contributed by atoms with Crippen molar-refractivity contribution in [2.24, 2.45) is 5.73 Å². The van der Waals surface area contributed by atoms with Crippen molar-refractivity contribution >= 4 is 40.5 Å². The Hall–Kier alpha value is -3.44. The highest BCUT2D eigenvalue weighted by Crippen LogP contribution is 2.40. The third kappa shape index (κ3) is 4.55. The first-order valence-electron chi connectivity index (χ1n) is 10.1. The Kier molecular flexibility index (Phi) is 6.34. The topological polar surface area (TPSA) is 126 Å².